The molecule has 110 valence electrons. The number of imide groups is 1. The van der Waals surface area contributed by atoms with E-state index in [0.717, 1.165) is 25.7 Å². The largest absolute Gasteiger partial charge is 0.339 e. The van der Waals surface area contributed by atoms with Gasteiger partial charge in [-0.3, -0.25) is 14.9 Å². The normalized spacial score (nSPS) is 31.8. The van der Waals surface area contributed by atoms with Gasteiger partial charge in [-0.15, -0.1) is 0 Å². The molecule has 2 heterocycles. The van der Waals surface area contributed by atoms with Crippen LogP contribution < -0.4 is 16.4 Å². The fourth-order valence-corrected chi connectivity index (χ4v) is 3.69. The molecule has 4 amide bonds. The lowest BCUT2D eigenvalue weighted by atomic mass is 9.84. The number of nitrogens with zero attached hydrogens (tertiary/aromatic N) is 1. The van der Waals surface area contributed by atoms with Gasteiger partial charge in [0.25, 0.3) is 5.91 Å². The Hall–Kier alpha value is -1.63. The zero-order valence-corrected chi connectivity index (χ0v) is 11.4. The van der Waals surface area contributed by atoms with Crippen LogP contribution in [0.5, 0.6) is 0 Å². The monoisotopic (exact) mass is 280 g/mol. The Balaban J connectivity index is 1.76. The molecule has 3 fully saturated rings. The first-order valence-electron chi connectivity index (χ1n) is 7.14. The number of nitrogens with one attached hydrogen (secondary N) is 2. The zero-order valence-electron chi connectivity index (χ0n) is 11.4. The van der Waals surface area contributed by atoms with Crippen molar-refractivity contribution in [2.45, 2.75) is 37.6 Å². The van der Waals surface area contributed by atoms with Gasteiger partial charge in [-0.2, -0.15) is 0 Å². The van der Waals surface area contributed by atoms with Crippen LogP contribution in [0.3, 0.4) is 0 Å². The Bertz CT molecular complexity index is 472. The number of carbonyl (C=O) groups excluding carboxylic acids is 3. The number of rotatable bonds is 2. The molecule has 1 saturated carbocycles. The molecule has 7 heteroatoms. The van der Waals surface area contributed by atoms with E-state index in [2.05, 4.69) is 10.6 Å². The van der Waals surface area contributed by atoms with E-state index in [1.54, 1.807) is 4.90 Å². The number of carbonyl (C=O) groups is 3. The molecular weight excluding hydrogens is 260 g/mol. The maximum atomic E-state index is 12.7. The molecule has 0 aromatic heterocycles. The smallest absolute Gasteiger partial charge is 0.322 e. The molecule has 4 N–H and O–H groups in total. The van der Waals surface area contributed by atoms with Gasteiger partial charge in [0.1, 0.15) is 5.54 Å². The van der Waals surface area contributed by atoms with Crippen LogP contribution in [0, 0.1) is 5.41 Å². The highest BCUT2D eigenvalue weighted by Crippen LogP contribution is 2.40. The van der Waals surface area contributed by atoms with Crippen LogP contribution >= 0.6 is 0 Å². The summed E-state index contributed by atoms with van der Waals surface area (Å²) in [5, 5.41) is 4.91. The molecule has 0 radical (unpaired) electrons. The predicted octanol–water partition coefficient (Wildman–Crippen LogP) is -0.684. The second-order valence-corrected chi connectivity index (χ2v) is 6.16. The SMILES string of the molecule is NCC1(C(=O)N2CCC3(C2)NC(=O)NC3=O)CCCC1. The van der Waals surface area contributed by atoms with Gasteiger partial charge < -0.3 is 16.0 Å². The van der Waals surface area contributed by atoms with Crippen LogP contribution in [0.25, 0.3) is 0 Å². The number of hydrogen-bond donors (Lipinski definition) is 3. The van der Waals surface area contributed by atoms with Gasteiger partial charge in [0.15, 0.2) is 0 Å². The summed E-state index contributed by atoms with van der Waals surface area (Å²) >= 11 is 0. The molecule has 3 rings (SSSR count). The molecule has 2 saturated heterocycles. The number of likely N-dealkylation sites (tertiary alicyclic amines) is 1. The molecule has 1 unspecified atom stereocenters. The molecule has 0 bridgehead atoms. The Kier molecular flexibility index (Phi) is 2.97. The van der Waals surface area contributed by atoms with E-state index in [-0.39, 0.29) is 18.4 Å². The average Bonchev–Trinajstić information content (AvgIpc) is 3.11. The number of amides is 4. The molecule has 1 spiro atoms. The van der Waals surface area contributed by atoms with Gasteiger partial charge in [-0.05, 0) is 19.3 Å². The lowest BCUT2D eigenvalue weighted by Crippen LogP contribution is -2.52. The molecular formula is C13H20N4O3. The molecule has 7 nitrogen and oxygen atoms in total. The molecule has 1 atom stereocenters. The fourth-order valence-electron chi connectivity index (χ4n) is 3.69. The standard InChI is InChI=1S/C13H20N4O3/c14-7-12(3-1-2-4-12)10(19)17-6-5-13(8-17)9(18)15-11(20)16-13/h1-8,14H2,(H2,15,16,18,20). The molecule has 3 aliphatic rings. The van der Waals surface area contributed by atoms with E-state index in [1.165, 1.54) is 0 Å². The van der Waals surface area contributed by atoms with Crippen LogP contribution in [0.1, 0.15) is 32.1 Å². The zero-order chi connectivity index (χ0) is 14.4. The highest BCUT2D eigenvalue weighted by Gasteiger charge is 2.54. The molecule has 0 aromatic carbocycles. The van der Waals surface area contributed by atoms with Crippen molar-refractivity contribution in [2.75, 3.05) is 19.6 Å². The van der Waals surface area contributed by atoms with Crippen LogP contribution in [0.4, 0.5) is 4.79 Å². The summed E-state index contributed by atoms with van der Waals surface area (Å²) in [5.41, 5.74) is 4.45. The van der Waals surface area contributed by atoms with Crippen molar-refractivity contribution in [3.8, 4) is 0 Å². The quantitative estimate of drug-likeness (QED) is 0.583. The van der Waals surface area contributed by atoms with Crippen molar-refractivity contribution >= 4 is 17.8 Å². The third-order valence-corrected chi connectivity index (χ3v) is 4.98. The number of hydrogen-bond acceptors (Lipinski definition) is 4. The van der Waals surface area contributed by atoms with Crippen LogP contribution in [0.15, 0.2) is 0 Å². The van der Waals surface area contributed by atoms with E-state index < -0.39 is 17.0 Å². The average molecular weight is 280 g/mol. The Morgan fingerprint density at radius 2 is 1.95 bits per heavy atom. The summed E-state index contributed by atoms with van der Waals surface area (Å²) in [6, 6.07) is -0.473. The van der Waals surface area contributed by atoms with E-state index in [0.29, 0.717) is 19.5 Å². The van der Waals surface area contributed by atoms with Crippen molar-refractivity contribution in [2.24, 2.45) is 11.1 Å². The van der Waals surface area contributed by atoms with Crippen molar-refractivity contribution in [3.05, 3.63) is 0 Å². The summed E-state index contributed by atoms with van der Waals surface area (Å²) < 4.78 is 0. The Labute approximate surface area is 117 Å². The highest BCUT2D eigenvalue weighted by molar-refractivity contribution is 6.07. The van der Waals surface area contributed by atoms with Crippen molar-refractivity contribution in [1.29, 1.82) is 0 Å². The van der Waals surface area contributed by atoms with Gasteiger partial charge in [0, 0.05) is 13.1 Å². The van der Waals surface area contributed by atoms with Crippen LogP contribution in [-0.2, 0) is 9.59 Å². The third kappa shape index (κ3) is 1.80. The fraction of sp³-hybridized carbons (Fsp3) is 0.769. The van der Waals surface area contributed by atoms with Gasteiger partial charge >= 0.3 is 6.03 Å². The minimum Gasteiger partial charge on any atom is -0.339 e. The first kappa shape index (κ1) is 13.4. The summed E-state index contributed by atoms with van der Waals surface area (Å²) in [7, 11) is 0. The minimum absolute atomic E-state index is 0.0447. The Morgan fingerprint density at radius 1 is 1.25 bits per heavy atom. The van der Waals surface area contributed by atoms with Gasteiger partial charge in [0.2, 0.25) is 5.91 Å². The minimum atomic E-state index is -0.929. The van der Waals surface area contributed by atoms with Crippen LogP contribution in [0.2, 0.25) is 0 Å². The lowest BCUT2D eigenvalue weighted by Gasteiger charge is -2.31. The second kappa shape index (κ2) is 4.44. The lowest BCUT2D eigenvalue weighted by molar-refractivity contribution is -0.140. The first-order chi connectivity index (χ1) is 9.51. The van der Waals surface area contributed by atoms with Gasteiger partial charge in [-0.25, -0.2) is 4.79 Å². The van der Waals surface area contributed by atoms with E-state index in [1.807, 2.05) is 0 Å². The second-order valence-electron chi connectivity index (χ2n) is 6.16. The predicted molar refractivity (Wildman–Crippen MR) is 70.6 cm³/mol. The molecule has 0 aromatic rings. The van der Waals surface area contributed by atoms with Gasteiger partial charge in [-0.1, -0.05) is 12.8 Å². The summed E-state index contributed by atoms with van der Waals surface area (Å²) in [4.78, 5) is 37.6. The third-order valence-electron chi connectivity index (χ3n) is 4.98. The maximum absolute atomic E-state index is 12.7. The molecule has 1 aliphatic carbocycles. The topological polar surface area (TPSA) is 105 Å². The van der Waals surface area contributed by atoms with Crippen molar-refractivity contribution < 1.29 is 14.4 Å². The van der Waals surface area contributed by atoms with E-state index in [9.17, 15) is 14.4 Å². The molecule has 20 heavy (non-hydrogen) atoms. The Morgan fingerprint density at radius 3 is 2.50 bits per heavy atom. The molecule has 2 aliphatic heterocycles. The van der Waals surface area contributed by atoms with E-state index >= 15 is 0 Å². The first-order valence-corrected chi connectivity index (χ1v) is 7.14. The summed E-state index contributed by atoms with van der Waals surface area (Å²) in [5.74, 6) is -0.283. The van der Waals surface area contributed by atoms with Crippen molar-refractivity contribution in [3.63, 3.8) is 0 Å². The van der Waals surface area contributed by atoms with E-state index in [4.69, 9.17) is 5.73 Å². The van der Waals surface area contributed by atoms with Crippen molar-refractivity contribution in [1.82, 2.24) is 15.5 Å². The number of urea groups is 1. The number of nitrogens with two attached hydrogens (primary N) is 1. The van der Waals surface area contributed by atoms with Crippen LogP contribution in [-0.4, -0.2) is 47.9 Å². The maximum Gasteiger partial charge on any atom is 0.322 e. The van der Waals surface area contributed by atoms with Gasteiger partial charge in [0.05, 0.1) is 12.0 Å². The summed E-state index contributed by atoms with van der Waals surface area (Å²) in [6.45, 7) is 1.10. The highest BCUT2D eigenvalue weighted by atomic mass is 16.2. The summed E-state index contributed by atoms with van der Waals surface area (Å²) in [6.07, 6.45) is 4.17.